The van der Waals surface area contributed by atoms with Crippen molar-refractivity contribution in [1.82, 2.24) is 4.37 Å². The molecule has 0 radical (unpaired) electrons. The third kappa shape index (κ3) is 1.99. The van der Waals surface area contributed by atoms with E-state index in [-0.39, 0.29) is 6.04 Å². The van der Waals surface area contributed by atoms with E-state index < -0.39 is 5.60 Å². The van der Waals surface area contributed by atoms with Gasteiger partial charge >= 0.3 is 0 Å². The van der Waals surface area contributed by atoms with Gasteiger partial charge in [0.05, 0.1) is 11.6 Å². The number of nitrogens with zero attached hydrogens (tertiary/aromatic N) is 1. The highest BCUT2D eigenvalue weighted by molar-refractivity contribution is 7.05. The Hall–Kier alpha value is -0.450. The lowest BCUT2D eigenvalue weighted by molar-refractivity contribution is 0.0529. The zero-order valence-electron chi connectivity index (χ0n) is 6.61. The molecule has 0 aliphatic heterocycles. The van der Waals surface area contributed by atoms with Gasteiger partial charge in [-0.05, 0) is 31.4 Å². The molecule has 1 aromatic rings. The van der Waals surface area contributed by atoms with Crippen molar-refractivity contribution in [2.45, 2.75) is 25.5 Å². The lowest BCUT2D eigenvalue weighted by Crippen LogP contribution is -2.34. The molecule has 0 saturated carbocycles. The van der Waals surface area contributed by atoms with Gasteiger partial charge < -0.3 is 10.8 Å². The van der Waals surface area contributed by atoms with Crippen LogP contribution < -0.4 is 5.73 Å². The van der Waals surface area contributed by atoms with E-state index in [4.69, 9.17) is 5.73 Å². The van der Waals surface area contributed by atoms with Crippen LogP contribution in [0.3, 0.4) is 0 Å². The summed E-state index contributed by atoms with van der Waals surface area (Å²) in [7, 11) is 0. The van der Waals surface area contributed by atoms with E-state index in [0.717, 1.165) is 4.88 Å². The Bertz CT molecular complexity index is 215. The molecule has 0 fully saturated rings. The van der Waals surface area contributed by atoms with Crippen molar-refractivity contribution in [2.24, 2.45) is 5.73 Å². The van der Waals surface area contributed by atoms with Crippen molar-refractivity contribution < 1.29 is 5.11 Å². The van der Waals surface area contributed by atoms with E-state index in [0.29, 0.717) is 0 Å². The number of hydrogen-bond donors (Lipinski definition) is 2. The fourth-order valence-electron chi connectivity index (χ4n) is 0.734. The molecule has 1 aromatic heterocycles. The molecule has 3 N–H and O–H groups in total. The van der Waals surface area contributed by atoms with Crippen LogP contribution in [0, 0.1) is 0 Å². The zero-order chi connectivity index (χ0) is 8.48. The smallest absolute Gasteiger partial charge is 0.0792 e. The average molecular weight is 172 g/mol. The van der Waals surface area contributed by atoms with E-state index in [1.165, 1.54) is 11.5 Å². The molecule has 1 unspecified atom stereocenters. The molecule has 0 spiro atoms. The van der Waals surface area contributed by atoms with Gasteiger partial charge in [-0.2, -0.15) is 0 Å². The van der Waals surface area contributed by atoms with Crippen LogP contribution in [0.1, 0.15) is 24.8 Å². The molecule has 0 aliphatic rings. The van der Waals surface area contributed by atoms with Gasteiger partial charge in [-0.1, -0.05) is 0 Å². The predicted molar refractivity (Wildman–Crippen MR) is 45.3 cm³/mol. The molecule has 1 heterocycles. The fourth-order valence-corrected chi connectivity index (χ4v) is 1.50. The summed E-state index contributed by atoms with van der Waals surface area (Å²) in [5, 5.41) is 9.51. The van der Waals surface area contributed by atoms with Crippen LogP contribution in [-0.2, 0) is 0 Å². The van der Waals surface area contributed by atoms with E-state index in [1.54, 1.807) is 20.0 Å². The van der Waals surface area contributed by atoms with E-state index >= 15 is 0 Å². The van der Waals surface area contributed by atoms with Crippen LogP contribution in [0.15, 0.2) is 12.3 Å². The Labute approximate surface area is 70.0 Å². The number of nitrogens with two attached hydrogens (primary N) is 1. The van der Waals surface area contributed by atoms with Crippen molar-refractivity contribution >= 4 is 11.5 Å². The Balaban J connectivity index is 2.78. The summed E-state index contributed by atoms with van der Waals surface area (Å²) in [6.07, 6.45) is 1.69. The first kappa shape index (κ1) is 8.64. The molecule has 0 bridgehead atoms. The normalized spacial score (nSPS) is 14.9. The van der Waals surface area contributed by atoms with Gasteiger partial charge in [-0.25, -0.2) is 4.37 Å². The average Bonchev–Trinajstić information content (AvgIpc) is 2.34. The fraction of sp³-hybridized carbons (Fsp3) is 0.571. The van der Waals surface area contributed by atoms with Gasteiger partial charge in [0.1, 0.15) is 0 Å². The second-order valence-electron chi connectivity index (χ2n) is 3.05. The number of rotatable bonds is 2. The van der Waals surface area contributed by atoms with Gasteiger partial charge in [-0.15, -0.1) is 0 Å². The molecule has 3 nitrogen and oxygen atoms in total. The first-order chi connectivity index (χ1) is 5.02. The van der Waals surface area contributed by atoms with Crippen molar-refractivity contribution in [2.75, 3.05) is 0 Å². The summed E-state index contributed by atoms with van der Waals surface area (Å²) in [5.74, 6) is 0. The maximum absolute atomic E-state index is 9.51. The molecule has 1 rings (SSSR count). The SMILES string of the molecule is CC(C)(O)C(N)c1ccns1. The zero-order valence-corrected chi connectivity index (χ0v) is 7.43. The first-order valence-corrected chi connectivity index (χ1v) is 4.17. The van der Waals surface area contributed by atoms with Crippen molar-refractivity contribution in [3.8, 4) is 0 Å². The van der Waals surface area contributed by atoms with Crippen LogP contribution in [-0.4, -0.2) is 15.1 Å². The number of aromatic nitrogens is 1. The predicted octanol–water partition coefficient (Wildman–Crippen LogP) is 0.914. The molecular formula is C7H12N2OS. The third-order valence-corrected chi connectivity index (χ3v) is 2.35. The minimum atomic E-state index is -0.869. The van der Waals surface area contributed by atoms with Gasteiger partial charge in [0.15, 0.2) is 0 Å². The third-order valence-electron chi connectivity index (χ3n) is 1.53. The lowest BCUT2D eigenvalue weighted by atomic mass is 9.99. The van der Waals surface area contributed by atoms with E-state index in [2.05, 4.69) is 4.37 Å². The summed E-state index contributed by atoms with van der Waals surface area (Å²) in [5.41, 5.74) is 4.87. The topological polar surface area (TPSA) is 59.1 Å². The first-order valence-electron chi connectivity index (χ1n) is 3.40. The van der Waals surface area contributed by atoms with Crippen LogP contribution in [0.5, 0.6) is 0 Å². The minimum Gasteiger partial charge on any atom is -0.388 e. The molecule has 62 valence electrons. The van der Waals surface area contributed by atoms with Gasteiger partial charge in [0, 0.05) is 11.1 Å². The molecule has 0 aliphatic carbocycles. The van der Waals surface area contributed by atoms with E-state index in [9.17, 15) is 5.11 Å². The Kier molecular flexibility index (Phi) is 2.27. The Morgan fingerprint density at radius 3 is 2.73 bits per heavy atom. The van der Waals surface area contributed by atoms with Crippen LogP contribution in [0.2, 0.25) is 0 Å². The Morgan fingerprint density at radius 2 is 2.36 bits per heavy atom. The summed E-state index contributed by atoms with van der Waals surface area (Å²) in [6.45, 7) is 3.38. The number of aliphatic hydroxyl groups is 1. The van der Waals surface area contributed by atoms with Gasteiger partial charge in [0.2, 0.25) is 0 Å². The molecule has 4 heteroatoms. The number of hydrogen-bond acceptors (Lipinski definition) is 4. The molecule has 1 atom stereocenters. The monoisotopic (exact) mass is 172 g/mol. The maximum atomic E-state index is 9.51. The largest absolute Gasteiger partial charge is 0.388 e. The quantitative estimate of drug-likeness (QED) is 0.697. The highest BCUT2D eigenvalue weighted by Crippen LogP contribution is 2.24. The molecule has 0 amide bonds. The van der Waals surface area contributed by atoms with Crippen molar-refractivity contribution in [3.05, 3.63) is 17.1 Å². The van der Waals surface area contributed by atoms with E-state index in [1.807, 2.05) is 6.07 Å². The highest BCUT2D eigenvalue weighted by Gasteiger charge is 2.25. The standard InChI is InChI=1S/C7H12N2OS/c1-7(2,10)6(8)5-3-4-9-11-5/h3-4,6,10H,8H2,1-2H3. The molecule has 0 aromatic carbocycles. The minimum absolute atomic E-state index is 0.338. The summed E-state index contributed by atoms with van der Waals surface area (Å²) in [4.78, 5) is 0.914. The molecule has 0 saturated heterocycles. The summed E-state index contributed by atoms with van der Waals surface area (Å²) >= 11 is 1.32. The van der Waals surface area contributed by atoms with Crippen LogP contribution in [0.4, 0.5) is 0 Å². The van der Waals surface area contributed by atoms with Crippen LogP contribution >= 0.6 is 11.5 Å². The second kappa shape index (κ2) is 2.89. The lowest BCUT2D eigenvalue weighted by Gasteiger charge is -2.23. The molecular weight excluding hydrogens is 160 g/mol. The second-order valence-corrected chi connectivity index (χ2v) is 3.91. The Morgan fingerprint density at radius 1 is 1.73 bits per heavy atom. The van der Waals surface area contributed by atoms with Crippen molar-refractivity contribution in [1.29, 1.82) is 0 Å². The van der Waals surface area contributed by atoms with Crippen LogP contribution in [0.25, 0.3) is 0 Å². The molecule has 11 heavy (non-hydrogen) atoms. The van der Waals surface area contributed by atoms with Gasteiger partial charge in [-0.3, -0.25) is 0 Å². The summed E-state index contributed by atoms with van der Waals surface area (Å²) < 4.78 is 3.91. The highest BCUT2D eigenvalue weighted by atomic mass is 32.1. The van der Waals surface area contributed by atoms with Crippen molar-refractivity contribution in [3.63, 3.8) is 0 Å². The maximum Gasteiger partial charge on any atom is 0.0792 e. The summed E-state index contributed by atoms with van der Waals surface area (Å²) in [6, 6.07) is 1.49. The van der Waals surface area contributed by atoms with Gasteiger partial charge in [0.25, 0.3) is 0 Å².